The molecule has 0 aromatic heterocycles. The van der Waals surface area contributed by atoms with Crippen molar-refractivity contribution < 1.29 is 9.53 Å². The summed E-state index contributed by atoms with van der Waals surface area (Å²) in [7, 11) is 0. The third-order valence-electron chi connectivity index (χ3n) is 3.94. The number of nitrogens with zero attached hydrogens (tertiary/aromatic N) is 1. The minimum Gasteiger partial charge on any atom is -0.423 e. The van der Waals surface area contributed by atoms with Crippen molar-refractivity contribution in [1.82, 2.24) is 0 Å². The molecular formula is C23H16ClNO2. The van der Waals surface area contributed by atoms with Crippen molar-refractivity contribution in [2.45, 2.75) is 6.92 Å². The second-order valence-electron chi connectivity index (χ2n) is 6.00. The topological polar surface area (TPSA) is 50.1 Å². The van der Waals surface area contributed by atoms with Crippen LogP contribution >= 0.6 is 11.6 Å². The number of hydrogen-bond acceptors (Lipinski definition) is 3. The van der Waals surface area contributed by atoms with Crippen LogP contribution in [0.2, 0.25) is 5.02 Å². The number of hydrogen-bond donors (Lipinski definition) is 0. The number of esters is 1. The molecule has 3 aromatic rings. The number of halogens is 1. The van der Waals surface area contributed by atoms with Gasteiger partial charge in [-0.15, -0.1) is 0 Å². The van der Waals surface area contributed by atoms with Gasteiger partial charge in [0.1, 0.15) is 5.75 Å². The molecule has 0 radical (unpaired) electrons. The normalized spacial score (nSPS) is 10.9. The zero-order valence-electron chi connectivity index (χ0n) is 14.6. The number of carbonyl (C=O) groups excluding carboxylic acids is 1. The van der Waals surface area contributed by atoms with Gasteiger partial charge in [-0.05, 0) is 60.5 Å². The fourth-order valence-corrected chi connectivity index (χ4v) is 2.68. The highest BCUT2D eigenvalue weighted by atomic mass is 35.5. The summed E-state index contributed by atoms with van der Waals surface area (Å²) in [6, 6.07) is 23.5. The number of carbonyl (C=O) groups is 1. The Balaban J connectivity index is 1.75. The average molecular weight is 374 g/mol. The molecule has 27 heavy (non-hydrogen) atoms. The lowest BCUT2D eigenvalue weighted by Crippen LogP contribution is -2.08. The Morgan fingerprint density at radius 1 is 1.00 bits per heavy atom. The van der Waals surface area contributed by atoms with Crippen LogP contribution in [0.15, 0.2) is 72.8 Å². The molecule has 0 amide bonds. The largest absolute Gasteiger partial charge is 0.423 e. The lowest BCUT2D eigenvalue weighted by molar-refractivity contribution is 0.0735. The fourth-order valence-electron chi connectivity index (χ4n) is 2.49. The highest BCUT2D eigenvalue weighted by Gasteiger charge is 2.08. The molecule has 0 aliphatic rings. The Kier molecular flexibility index (Phi) is 5.71. The highest BCUT2D eigenvalue weighted by Crippen LogP contribution is 2.22. The molecule has 0 aliphatic carbocycles. The first-order chi connectivity index (χ1) is 13.0. The Hall–Kier alpha value is -3.35. The van der Waals surface area contributed by atoms with E-state index in [4.69, 9.17) is 16.3 Å². The van der Waals surface area contributed by atoms with Crippen LogP contribution in [0, 0.1) is 18.3 Å². The first-order valence-corrected chi connectivity index (χ1v) is 8.69. The van der Waals surface area contributed by atoms with Crippen LogP contribution in [0.5, 0.6) is 5.75 Å². The molecule has 0 atom stereocenters. The van der Waals surface area contributed by atoms with Gasteiger partial charge in [-0.2, -0.15) is 5.26 Å². The molecule has 0 saturated carbocycles. The van der Waals surface area contributed by atoms with Crippen LogP contribution < -0.4 is 4.74 Å². The maximum Gasteiger partial charge on any atom is 0.343 e. The molecule has 0 heterocycles. The van der Waals surface area contributed by atoms with Crippen LogP contribution in [-0.2, 0) is 0 Å². The number of rotatable bonds is 4. The number of nitriles is 1. The van der Waals surface area contributed by atoms with Crippen LogP contribution in [0.4, 0.5) is 0 Å². The summed E-state index contributed by atoms with van der Waals surface area (Å²) in [5.41, 5.74) is 3.65. The van der Waals surface area contributed by atoms with E-state index in [1.807, 2.05) is 25.1 Å². The van der Waals surface area contributed by atoms with Gasteiger partial charge in [-0.1, -0.05) is 53.6 Å². The zero-order chi connectivity index (χ0) is 19.2. The van der Waals surface area contributed by atoms with Gasteiger partial charge in [0.05, 0.1) is 17.2 Å². The second-order valence-corrected chi connectivity index (χ2v) is 6.44. The van der Waals surface area contributed by atoms with Crippen LogP contribution in [-0.4, -0.2) is 5.97 Å². The Labute approximate surface area is 163 Å². The van der Waals surface area contributed by atoms with E-state index >= 15 is 0 Å². The lowest BCUT2D eigenvalue weighted by Gasteiger charge is -2.05. The summed E-state index contributed by atoms with van der Waals surface area (Å²) in [6.45, 7) is 1.96. The molecule has 0 aliphatic heterocycles. The molecule has 132 valence electrons. The Morgan fingerprint density at radius 3 is 2.33 bits per heavy atom. The van der Waals surface area contributed by atoms with Gasteiger partial charge in [0.15, 0.2) is 0 Å². The summed E-state index contributed by atoms with van der Waals surface area (Å²) in [5.74, 6) is 0.0360. The van der Waals surface area contributed by atoms with E-state index in [-0.39, 0.29) is 0 Å². The average Bonchev–Trinajstić information content (AvgIpc) is 2.68. The van der Waals surface area contributed by atoms with Gasteiger partial charge >= 0.3 is 5.97 Å². The summed E-state index contributed by atoms with van der Waals surface area (Å²) < 4.78 is 5.38. The molecule has 4 heteroatoms. The van der Waals surface area contributed by atoms with E-state index in [9.17, 15) is 10.1 Å². The van der Waals surface area contributed by atoms with Crippen LogP contribution in [0.3, 0.4) is 0 Å². The second kappa shape index (κ2) is 8.35. The fraction of sp³-hybridized carbons (Fsp3) is 0.0435. The van der Waals surface area contributed by atoms with Crippen LogP contribution in [0.1, 0.15) is 27.0 Å². The molecule has 0 fully saturated rings. The minimum atomic E-state index is -0.407. The number of benzene rings is 3. The van der Waals surface area contributed by atoms with Crippen molar-refractivity contribution in [3.63, 3.8) is 0 Å². The maximum atomic E-state index is 12.2. The first kappa shape index (κ1) is 18.4. The molecule has 0 N–H and O–H groups in total. The van der Waals surface area contributed by atoms with E-state index in [0.29, 0.717) is 21.9 Å². The monoisotopic (exact) mass is 373 g/mol. The zero-order valence-corrected chi connectivity index (χ0v) is 15.4. The predicted molar refractivity (Wildman–Crippen MR) is 108 cm³/mol. The Bertz CT molecular complexity index is 1030. The minimum absolute atomic E-state index is 0.407. The number of aryl methyl sites for hydroxylation is 1. The van der Waals surface area contributed by atoms with Gasteiger partial charge in [0, 0.05) is 5.02 Å². The predicted octanol–water partition coefficient (Wildman–Crippen LogP) is 5.93. The van der Waals surface area contributed by atoms with Crippen molar-refractivity contribution in [2.24, 2.45) is 0 Å². The van der Waals surface area contributed by atoms with Crippen molar-refractivity contribution >= 4 is 29.2 Å². The maximum absolute atomic E-state index is 12.2. The number of ether oxygens (including phenoxy) is 1. The van der Waals surface area contributed by atoms with Crippen molar-refractivity contribution in [1.29, 1.82) is 5.26 Å². The van der Waals surface area contributed by atoms with Gasteiger partial charge in [0.2, 0.25) is 0 Å². The molecule has 0 unspecified atom stereocenters. The summed E-state index contributed by atoms with van der Waals surface area (Å²) in [5, 5.41) is 10.00. The van der Waals surface area contributed by atoms with E-state index in [1.165, 1.54) is 0 Å². The lowest BCUT2D eigenvalue weighted by atomic mass is 10.0. The number of allylic oxidation sites excluding steroid dienone is 1. The Morgan fingerprint density at radius 2 is 1.70 bits per heavy atom. The molecule has 3 aromatic carbocycles. The summed E-state index contributed by atoms with van der Waals surface area (Å²) in [4.78, 5) is 12.2. The van der Waals surface area contributed by atoms with Crippen molar-refractivity contribution in [3.8, 4) is 11.8 Å². The molecule has 0 spiro atoms. The quantitative estimate of drug-likeness (QED) is 0.246. The van der Waals surface area contributed by atoms with Gasteiger partial charge in [-0.25, -0.2) is 4.79 Å². The third kappa shape index (κ3) is 4.84. The van der Waals surface area contributed by atoms with Gasteiger partial charge < -0.3 is 4.74 Å². The molecule has 3 nitrogen and oxygen atoms in total. The van der Waals surface area contributed by atoms with E-state index in [0.717, 1.165) is 16.7 Å². The summed E-state index contributed by atoms with van der Waals surface area (Å²) >= 11 is 5.99. The third-order valence-corrected chi connectivity index (χ3v) is 4.18. The summed E-state index contributed by atoms with van der Waals surface area (Å²) in [6.07, 6.45) is 1.76. The van der Waals surface area contributed by atoms with Crippen molar-refractivity contribution in [2.75, 3.05) is 0 Å². The molecule has 3 rings (SSSR count). The smallest absolute Gasteiger partial charge is 0.343 e. The van der Waals surface area contributed by atoms with E-state index in [2.05, 4.69) is 6.07 Å². The SMILES string of the molecule is Cc1ccc(C(=O)Oc2ccc(/C=C(/C#N)c3cccc(Cl)c3)cc2)cc1. The molecule has 0 saturated heterocycles. The van der Waals surface area contributed by atoms with E-state index in [1.54, 1.807) is 60.7 Å². The van der Waals surface area contributed by atoms with Crippen molar-refractivity contribution in [3.05, 3.63) is 100 Å². The van der Waals surface area contributed by atoms with Crippen LogP contribution in [0.25, 0.3) is 11.6 Å². The van der Waals surface area contributed by atoms with E-state index < -0.39 is 5.97 Å². The molecule has 0 bridgehead atoms. The first-order valence-electron chi connectivity index (χ1n) is 8.32. The van der Waals surface area contributed by atoms with Gasteiger partial charge in [0.25, 0.3) is 0 Å². The standard InChI is InChI=1S/C23H16ClNO2/c1-16-5-9-18(10-6-16)23(26)27-22-11-7-17(8-12-22)13-20(15-25)19-3-2-4-21(24)14-19/h2-14H,1H3/b20-13-. The molecular weight excluding hydrogens is 358 g/mol. The highest BCUT2D eigenvalue weighted by molar-refractivity contribution is 6.30. The van der Waals surface area contributed by atoms with Gasteiger partial charge in [-0.3, -0.25) is 0 Å².